The fraction of sp³-hybridized carbons (Fsp3) is 0.600. The van der Waals surface area contributed by atoms with Crippen molar-refractivity contribution in [2.24, 2.45) is 18.9 Å². The molecule has 1 aromatic heterocycles. The lowest BCUT2D eigenvalue weighted by Gasteiger charge is -2.36. The van der Waals surface area contributed by atoms with Gasteiger partial charge in [-0.05, 0) is 49.8 Å². The van der Waals surface area contributed by atoms with Gasteiger partial charge in [-0.1, -0.05) is 6.92 Å². The molecule has 10 nitrogen and oxygen atoms in total. The molecule has 2 heterocycles. The number of amides is 1. The van der Waals surface area contributed by atoms with E-state index in [4.69, 9.17) is 9.47 Å². The zero-order valence-corrected chi connectivity index (χ0v) is 22.5. The highest BCUT2D eigenvalue weighted by molar-refractivity contribution is 7.92. The van der Waals surface area contributed by atoms with Crippen LogP contribution in [0.1, 0.15) is 37.0 Å². The largest absolute Gasteiger partial charge is 0.491 e. The molecular weight excluding hydrogens is 482 g/mol. The number of hydrogen-bond acceptors (Lipinski definition) is 7. The molecule has 1 aromatic carbocycles. The Hall–Kier alpha value is -2.63. The minimum Gasteiger partial charge on any atom is -0.491 e. The number of imidazole rings is 1. The van der Waals surface area contributed by atoms with Crippen molar-refractivity contribution in [3.63, 3.8) is 0 Å². The number of nitrogens with zero attached hydrogens (tertiary/aromatic N) is 4. The molecule has 1 saturated carbocycles. The highest BCUT2D eigenvalue weighted by Crippen LogP contribution is 2.32. The van der Waals surface area contributed by atoms with Crippen molar-refractivity contribution < 1.29 is 22.7 Å². The SMILES string of the molecule is CO[C@H]1CN(C)C(=O)c2cc(NS(=O)(=O)c3cn(C)cn3)ccc2OC[C@@H](C)N(CC2CC2)C[C@H]1C. The summed E-state index contributed by atoms with van der Waals surface area (Å²) in [6, 6.07) is 4.92. The van der Waals surface area contributed by atoms with E-state index in [2.05, 4.69) is 28.5 Å². The topological polar surface area (TPSA) is 106 Å². The smallest absolute Gasteiger partial charge is 0.280 e. The molecule has 4 rings (SSSR count). The molecule has 0 saturated heterocycles. The van der Waals surface area contributed by atoms with Gasteiger partial charge < -0.3 is 18.9 Å². The molecular formula is C25H37N5O5S. The van der Waals surface area contributed by atoms with Crippen LogP contribution in [0.3, 0.4) is 0 Å². The van der Waals surface area contributed by atoms with Crippen molar-refractivity contribution in [2.45, 2.75) is 43.9 Å². The number of hydrogen-bond donors (Lipinski definition) is 1. The minimum atomic E-state index is -3.91. The summed E-state index contributed by atoms with van der Waals surface area (Å²) in [5, 5.41) is -0.0982. The van der Waals surface area contributed by atoms with Crippen molar-refractivity contribution in [1.29, 1.82) is 0 Å². The maximum atomic E-state index is 13.5. The second-order valence-corrected chi connectivity index (χ2v) is 11.8. The second kappa shape index (κ2) is 10.8. The van der Waals surface area contributed by atoms with E-state index in [1.165, 1.54) is 31.4 Å². The lowest BCUT2D eigenvalue weighted by atomic mass is 10.0. The zero-order chi connectivity index (χ0) is 26.0. The summed E-state index contributed by atoms with van der Waals surface area (Å²) in [5.74, 6) is 1.11. The standard InChI is InChI=1S/C25H37N5O5S/c1-17-11-30(12-19-6-7-19)18(2)15-35-22-9-8-20(27-36(32,33)24-14-28(3)16-26-24)10-21(22)25(31)29(4)13-23(17)34-5/h8-10,14,16-19,23,27H,6-7,11-13,15H2,1-5H3/t17-,18-,23+/m1/s1. The Morgan fingerprint density at radius 1 is 1.19 bits per heavy atom. The fourth-order valence-electron chi connectivity index (χ4n) is 4.54. The predicted octanol–water partition coefficient (Wildman–Crippen LogP) is 2.44. The highest BCUT2D eigenvalue weighted by Gasteiger charge is 2.32. The first-order valence-corrected chi connectivity index (χ1v) is 13.9. The van der Waals surface area contributed by atoms with Crippen LogP contribution in [0.15, 0.2) is 35.7 Å². The quantitative estimate of drug-likeness (QED) is 0.625. The summed E-state index contributed by atoms with van der Waals surface area (Å²) in [7, 11) is 1.20. The molecule has 36 heavy (non-hydrogen) atoms. The molecule has 0 radical (unpaired) electrons. The van der Waals surface area contributed by atoms with E-state index in [0.29, 0.717) is 24.5 Å². The number of ether oxygens (including phenoxy) is 2. The summed E-state index contributed by atoms with van der Waals surface area (Å²) in [6.07, 6.45) is 5.23. The summed E-state index contributed by atoms with van der Waals surface area (Å²) in [5.41, 5.74) is 0.555. The number of benzene rings is 1. The van der Waals surface area contributed by atoms with Crippen molar-refractivity contribution >= 4 is 21.6 Å². The molecule has 1 aliphatic heterocycles. The summed E-state index contributed by atoms with van der Waals surface area (Å²) < 4.78 is 41.6. The van der Waals surface area contributed by atoms with Crippen LogP contribution < -0.4 is 9.46 Å². The first-order chi connectivity index (χ1) is 17.1. The summed E-state index contributed by atoms with van der Waals surface area (Å²) in [4.78, 5) is 21.5. The molecule has 1 fully saturated rings. The number of aryl methyl sites for hydroxylation is 1. The third-order valence-corrected chi connectivity index (χ3v) is 8.24. The molecule has 11 heteroatoms. The predicted molar refractivity (Wildman–Crippen MR) is 137 cm³/mol. The maximum Gasteiger partial charge on any atom is 0.280 e. The van der Waals surface area contributed by atoms with Crippen LogP contribution in [-0.4, -0.2) is 86.2 Å². The Kier molecular flexibility index (Phi) is 7.91. The van der Waals surface area contributed by atoms with E-state index in [1.807, 2.05) is 0 Å². The number of carbonyl (C=O) groups is 1. The normalized spacial score (nSPS) is 24.4. The highest BCUT2D eigenvalue weighted by atomic mass is 32.2. The van der Waals surface area contributed by atoms with Gasteiger partial charge in [0.2, 0.25) is 0 Å². The number of likely N-dealkylation sites (N-methyl/N-ethyl adjacent to an activating group) is 1. The van der Waals surface area contributed by atoms with Gasteiger partial charge in [-0.15, -0.1) is 0 Å². The van der Waals surface area contributed by atoms with Crippen molar-refractivity contribution in [1.82, 2.24) is 19.4 Å². The molecule has 0 unspecified atom stereocenters. The molecule has 0 bridgehead atoms. The van der Waals surface area contributed by atoms with Gasteiger partial charge in [0.15, 0.2) is 5.03 Å². The van der Waals surface area contributed by atoms with Crippen LogP contribution in [0.25, 0.3) is 0 Å². The molecule has 1 N–H and O–H groups in total. The van der Waals surface area contributed by atoms with E-state index in [1.54, 1.807) is 42.8 Å². The van der Waals surface area contributed by atoms with E-state index in [0.717, 1.165) is 19.0 Å². The molecule has 2 aliphatic rings. The molecule has 1 aliphatic carbocycles. The molecule has 0 spiro atoms. The van der Waals surface area contributed by atoms with Crippen molar-refractivity contribution in [3.8, 4) is 5.75 Å². The van der Waals surface area contributed by atoms with Gasteiger partial charge in [0, 0.05) is 58.8 Å². The number of aromatic nitrogens is 2. The van der Waals surface area contributed by atoms with Gasteiger partial charge >= 0.3 is 0 Å². The summed E-state index contributed by atoms with van der Waals surface area (Å²) >= 11 is 0. The number of carbonyl (C=O) groups excluding carboxylic acids is 1. The lowest BCUT2D eigenvalue weighted by molar-refractivity contribution is 0.00994. The van der Waals surface area contributed by atoms with Gasteiger partial charge in [0.05, 0.1) is 18.0 Å². The third-order valence-electron chi connectivity index (χ3n) is 6.97. The third kappa shape index (κ3) is 6.19. The van der Waals surface area contributed by atoms with Crippen molar-refractivity contribution in [3.05, 3.63) is 36.3 Å². The van der Waals surface area contributed by atoms with Gasteiger partial charge in [-0.2, -0.15) is 8.42 Å². The monoisotopic (exact) mass is 519 g/mol. The van der Waals surface area contributed by atoms with Gasteiger partial charge in [0.25, 0.3) is 15.9 Å². The summed E-state index contributed by atoms with van der Waals surface area (Å²) in [6.45, 7) is 7.02. The Morgan fingerprint density at radius 3 is 2.58 bits per heavy atom. The maximum absolute atomic E-state index is 13.5. The van der Waals surface area contributed by atoms with Crippen LogP contribution in [0.2, 0.25) is 0 Å². The van der Waals surface area contributed by atoms with Crippen molar-refractivity contribution in [2.75, 3.05) is 45.1 Å². The van der Waals surface area contributed by atoms with E-state index < -0.39 is 10.0 Å². The Bertz CT molecular complexity index is 1180. The number of anilines is 1. The van der Waals surface area contributed by atoms with E-state index in [9.17, 15) is 13.2 Å². The van der Waals surface area contributed by atoms with Gasteiger partial charge in [-0.25, -0.2) is 4.98 Å². The van der Waals surface area contributed by atoms with Crippen LogP contribution in [-0.2, 0) is 21.8 Å². The van der Waals surface area contributed by atoms with E-state index in [-0.39, 0.29) is 34.7 Å². The van der Waals surface area contributed by atoms with Crippen LogP contribution >= 0.6 is 0 Å². The van der Waals surface area contributed by atoms with Crippen LogP contribution in [0.5, 0.6) is 5.75 Å². The fourth-order valence-corrected chi connectivity index (χ4v) is 5.57. The average molecular weight is 520 g/mol. The van der Waals surface area contributed by atoms with Crippen LogP contribution in [0.4, 0.5) is 5.69 Å². The molecule has 198 valence electrons. The molecule has 3 atom stereocenters. The average Bonchev–Trinajstić information content (AvgIpc) is 3.55. The first kappa shape index (κ1) is 26.4. The number of methoxy groups -OCH3 is 1. The Morgan fingerprint density at radius 2 is 1.94 bits per heavy atom. The van der Waals surface area contributed by atoms with Gasteiger partial charge in [-0.3, -0.25) is 14.4 Å². The number of sulfonamides is 1. The molecule has 2 aromatic rings. The lowest BCUT2D eigenvalue weighted by Crippen LogP contribution is -2.47. The van der Waals surface area contributed by atoms with Gasteiger partial charge in [0.1, 0.15) is 12.4 Å². The number of rotatable bonds is 6. The number of fused-ring (bicyclic) bond motifs is 1. The first-order valence-electron chi connectivity index (χ1n) is 12.4. The minimum absolute atomic E-state index is 0.0982. The van der Waals surface area contributed by atoms with Crippen LogP contribution in [0, 0.1) is 11.8 Å². The Labute approximate surface area is 213 Å². The number of nitrogens with one attached hydrogen (secondary N) is 1. The van der Waals surface area contributed by atoms with E-state index >= 15 is 0 Å². The zero-order valence-electron chi connectivity index (χ0n) is 21.7. The Balaban J connectivity index is 1.64. The molecule has 1 amide bonds. The second-order valence-electron chi connectivity index (χ2n) is 10.2.